The minimum Gasteiger partial charge on any atom is -0.384 e. The van der Waals surface area contributed by atoms with Crippen LogP contribution in [0.15, 0.2) is 53.2 Å². The van der Waals surface area contributed by atoms with E-state index in [1.54, 1.807) is 18.7 Å². The number of allylic oxidation sites excluding steroid dienone is 1. The number of amides is 1. The zero-order valence-electron chi connectivity index (χ0n) is 15.3. The first-order valence-corrected chi connectivity index (χ1v) is 9.30. The lowest BCUT2D eigenvalue weighted by molar-refractivity contribution is 0.0669. The third-order valence-corrected chi connectivity index (χ3v) is 5.01. The fraction of sp³-hybridized carbons (Fsp3) is 0.350. The summed E-state index contributed by atoms with van der Waals surface area (Å²) in [6.07, 6.45) is 10.0. The fourth-order valence-electron chi connectivity index (χ4n) is 3.62. The Morgan fingerprint density at radius 1 is 1.48 bits per heavy atom. The highest BCUT2D eigenvalue weighted by molar-refractivity contribution is 5.97. The van der Waals surface area contributed by atoms with Crippen LogP contribution in [-0.4, -0.2) is 38.5 Å². The number of rotatable bonds is 6. The highest BCUT2D eigenvalue weighted by atomic mass is 16.5. The van der Waals surface area contributed by atoms with Crippen LogP contribution in [0, 0.1) is 0 Å². The van der Waals surface area contributed by atoms with E-state index in [4.69, 9.17) is 4.52 Å². The Labute approximate surface area is 157 Å². The Balaban J connectivity index is 1.45. The average molecular weight is 365 g/mol. The molecule has 0 aromatic carbocycles. The van der Waals surface area contributed by atoms with Gasteiger partial charge in [-0.1, -0.05) is 11.2 Å². The molecule has 3 aromatic rings. The molecule has 1 atom stereocenters. The van der Waals surface area contributed by atoms with Crippen molar-refractivity contribution >= 4 is 16.9 Å². The minimum atomic E-state index is 0.0285. The summed E-state index contributed by atoms with van der Waals surface area (Å²) < 4.78 is 4.87. The van der Waals surface area contributed by atoms with Crippen molar-refractivity contribution < 1.29 is 9.32 Å². The van der Waals surface area contributed by atoms with Crippen molar-refractivity contribution in [1.82, 2.24) is 25.3 Å². The van der Waals surface area contributed by atoms with Gasteiger partial charge < -0.3 is 19.7 Å². The Morgan fingerprint density at radius 3 is 3.19 bits per heavy atom. The van der Waals surface area contributed by atoms with Gasteiger partial charge in [-0.25, -0.2) is 0 Å². The normalized spacial score (nSPS) is 16.9. The minimum absolute atomic E-state index is 0.0285. The van der Waals surface area contributed by atoms with Gasteiger partial charge in [-0.2, -0.15) is 0 Å². The molecule has 7 heteroatoms. The molecule has 3 heterocycles. The van der Waals surface area contributed by atoms with Gasteiger partial charge in [-0.05, 0) is 38.0 Å². The number of aromatic amines is 1. The van der Waals surface area contributed by atoms with Crippen LogP contribution in [0.2, 0.25) is 0 Å². The zero-order chi connectivity index (χ0) is 18.6. The molecule has 1 aliphatic rings. The van der Waals surface area contributed by atoms with E-state index in [-0.39, 0.29) is 11.9 Å². The molecular weight excluding hydrogens is 342 g/mol. The van der Waals surface area contributed by atoms with Crippen molar-refractivity contribution in [2.45, 2.75) is 38.8 Å². The largest absolute Gasteiger partial charge is 0.384 e. The van der Waals surface area contributed by atoms with Crippen LogP contribution in [0.25, 0.3) is 11.0 Å². The molecule has 0 spiro atoms. The second-order valence-corrected chi connectivity index (χ2v) is 6.76. The molecule has 3 aromatic heterocycles. The molecule has 0 radical (unpaired) electrons. The molecular formula is C20H23N5O2. The van der Waals surface area contributed by atoms with Crippen molar-refractivity contribution in [2.75, 3.05) is 6.54 Å². The molecule has 0 fully saturated rings. The van der Waals surface area contributed by atoms with Crippen molar-refractivity contribution in [1.29, 1.82) is 0 Å². The monoisotopic (exact) mass is 365 g/mol. The lowest BCUT2D eigenvalue weighted by atomic mass is 9.97. The number of hydrogen-bond acceptors (Lipinski definition) is 5. The van der Waals surface area contributed by atoms with E-state index in [0.29, 0.717) is 18.8 Å². The van der Waals surface area contributed by atoms with Gasteiger partial charge in [0, 0.05) is 43.0 Å². The van der Waals surface area contributed by atoms with E-state index >= 15 is 0 Å². The molecule has 7 nitrogen and oxygen atoms in total. The second-order valence-electron chi connectivity index (χ2n) is 6.76. The molecule has 1 aliphatic carbocycles. The maximum atomic E-state index is 13.1. The summed E-state index contributed by atoms with van der Waals surface area (Å²) in [6.45, 7) is 3.38. The van der Waals surface area contributed by atoms with Gasteiger partial charge in [0.1, 0.15) is 12.0 Å². The van der Waals surface area contributed by atoms with E-state index < -0.39 is 0 Å². The lowest BCUT2D eigenvalue weighted by Gasteiger charge is -2.33. The van der Waals surface area contributed by atoms with Gasteiger partial charge in [-0.15, -0.1) is 0 Å². The predicted octanol–water partition coefficient (Wildman–Crippen LogP) is 3.24. The summed E-state index contributed by atoms with van der Waals surface area (Å²) in [5, 5.41) is 7.16. The molecule has 0 saturated heterocycles. The molecule has 1 amide bonds. The maximum Gasteiger partial charge on any atom is 0.270 e. The van der Waals surface area contributed by atoms with Crippen LogP contribution in [0.4, 0.5) is 0 Å². The number of pyridine rings is 1. The highest BCUT2D eigenvalue weighted by Crippen LogP contribution is 2.24. The van der Waals surface area contributed by atoms with Crippen LogP contribution in [0.5, 0.6) is 0 Å². The Morgan fingerprint density at radius 2 is 2.41 bits per heavy atom. The van der Waals surface area contributed by atoms with E-state index in [1.807, 2.05) is 30.0 Å². The maximum absolute atomic E-state index is 13.1. The van der Waals surface area contributed by atoms with Crippen LogP contribution in [0.3, 0.4) is 0 Å². The number of aromatic nitrogens is 3. The van der Waals surface area contributed by atoms with Crippen LogP contribution >= 0.6 is 0 Å². The van der Waals surface area contributed by atoms with Gasteiger partial charge in [0.15, 0.2) is 0 Å². The number of nitrogens with zero attached hydrogens (tertiary/aromatic N) is 3. The topological polar surface area (TPSA) is 87.0 Å². The van der Waals surface area contributed by atoms with E-state index in [0.717, 1.165) is 41.6 Å². The summed E-state index contributed by atoms with van der Waals surface area (Å²) >= 11 is 0. The van der Waals surface area contributed by atoms with Gasteiger partial charge in [0.2, 0.25) is 0 Å². The summed E-state index contributed by atoms with van der Waals surface area (Å²) in [5.74, 6) is 0.0285. The third kappa shape index (κ3) is 3.72. The lowest BCUT2D eigenvalue weighted by Crippen LogP contribution is -2.42. The summed E-state index contributed by atoms with van der Waals surface area (Å²) in [7, 11) is 0. The number of nitrogens with one attached hydrogen (secondary N) is 2. The molecule has 2 N–H and O–H groups in total. The molecule has 140 valence electrons. The van der Waals surface area contributed by atoms with Crippen LogP contribution < -0.4 is 5.32 Å². The van der Waals surface area contributed by atoms with Gasteiger partial charge >= 0.3 is 0 Å². The van der Waals surface area contributed by atoms with Crippen LogP contribution in [0.1, 0.15) is 42.2 Å². The quantitative estimate of drug-likeness (QED) is 0.700. The third-order valence-electron chi connectivity index (χ3n) is 5.01. The summed E-state index contributed by atoms with van der Waals surface area (Å²) in [4.78, 5) is 22.6. The van der Waals surface area contributed by atoms with Crippen molar-refractivity contribution in [3.63, 3.8) is 0 Å². The Bertz CT molecular complexity index is 911. The van der Waals surface area contributed by atoms with Gasteiger partial charge in [0.25, 0.3) is 5.91 Å². The summed E-state index contributed by atoms with van der Waals surface area (Å²) in [5.41, 5.74) is 4.47. The first-order chi connectivity index (χ1) is 13.2. The Kier molecular flexibility index (Phi) is 4.91. The molecule has 27 heavy (non-hydrogen) atoms. The SMILES string of the molecule is CCN(C(=O)c1cc2ncccc2[nH]1)C1CCC=C(NCc2cnoc2)C1. The number of carbonyl (C=O) groups is 1. The highest BCUT2D eigenvalue weighted by Gasteiger charge is 2.27. The van der Waals surface area contributed by atoms with Crippen molar-refractivity contribution in [2.24, 2.45) is 0 Å². The molecule has 0 saturated carbocycles. The van der Waals surface area contributed by atoms with E-state index in [9.17, 15) is 4.79 Å². The summed E-state index contributed by atoms with van der Waals surface area (Å²) in [6, 6.07) is 5.82. The number of H-pyrrole nitrogens is 1. The fourth-order valence-corrected chi connectivity index (χ4v) is 3.62. The van der Waals surface area contributed by atoms with Crippen molar-refractivity contribution in [3.05, 3.63) is 59.9 Å². The molecule has 0 bridgehead atoms. The van der Waals surface area contributed by atoms with Crippen LogP contribution in [-0.2, 0) is 6.54 Å². The Hall–Kier alpha value is -3.09. The number of hydrogen-bond donors (Lipinski definition) is 2. The molecule has 4 rings (SSSR count). The predicted molar refractivity (Wildman–Crippen MR) is 102 cm³/mol. The zero-order valence-corrected chi connectivity index (χ0v) is 15.3. The first-order valence-electron chi connectivity index (χ1n) is 9.30. The molecule has 0 aliphatic heterocycles. The average Bonchev–Trinajstić information content (AvgIpc) is 3.37. The van der Waals surface area contributed by atoms with E-state index in [1.165, 1.54) is 0 Å². The van der Waals surface area contributed by atoms with Gasteiger partial charge in [-0.3, -0.25) is 9.78 Å². The standard InChI is InChI=1S/C20H23N5O2/c1-2-25(20(26)19-10-18-17(24-19)7-4-8-21-18)16-6-3-5-15(9-16)22-11-14-12-23-27-13-14/h4-5,7-8,10,12-13,16,22,24H,2-3,6,9,11H2,1H3. The number of carbonyl (C=O) groups excluding carboxylic acids is 1. The second kappa shape index (κ2) is 7.65. The molecule has 1 unspecified atom stereocenters. The first kappa shape index (κ1) is 17.3. The van der Waals surface area contributed by atoms with Gasteiger partial charge in [0.05, 0.1) is 17.2 Å². The number of fused-ring (bicyclic) bond motifs is 1. The smallest absolute Gasteiger partial charge is 0.270 e. The van der Waals surface area contributed by atoms with E-state index in [2.05, 4.69) is 26.5 Å². The van der Waals surface area contributed by atoms with Crippen molar-refractivity contribution in [3.8, 4) is 0 Å².